The third-order valence-corrected chi connectivity index (χ3v) is 2.94. The Hall–Kier alpha value is -0.610. The standard InChI is InChI=1S/C12H23NO3/c1-6-11(14)16-12(9(2)3)13(10(4)5)7-8-15-12/h9-10H,6-8H2,1-5H3. The van der Waals surface area contributed by atoms with E-state index in [9.17, 15) is 4.79 Å². The number of carbonyl (C=O) groups is 1. The fraction of sp³-hybridized carbons (Fsp3) is 0.917. The van der Waals surface area contributed by atoms with Crippen LogP contribution in [0.1, 0.15) is 41.0 Å². The first-order valence-electron chi connectivity index (χ1n) is 6.06. The normalized spacial score (nSPS) is 26.7. The summed E-state index contributed by atoms with van der Waals surface area (Å²) in [5.41, 5.74) is 0. The summed E-state index contributed by atoms with van der Waals surface area (Å²) in [6, 6.07) is 0.301. The van der Waals surface area contributed by atoms with Gasteiger partial charge < -0.3 is 9.47 Å². The summed E-state index contributed by atoms with van der Waals surface area (Å²) in [4.78, 5) is 13.6. The number of nitrogens with zero attached hydrogens (tertiary/aromatic N) is 1. The molecule has 1 saturated heterocycles. The predicted molar refractivity (Wildman–Crippen MR) is 61.7 cm³/mol. The Morgan fingerprint density at radius 2 is 2.06 bits per heavy atom. The quantitative estimate of drug-likeness (QED) is 0.691. The molecule has 0 N–H and O–H groups in total. The van der Waals surface area contributed by atoms with Crippen molar-refractivity contribution in [2.24, 2.45) is 5.92 Å². The van der Waals surface area contributed by atoms with Crippen molar-refractivity contribution in [3.05, 3.63) is 0 Å². The molecule has 4 nitrogen and oxygen atoms in total. The molecule has 1 aliphatic heterocycles. The zero-order chi connectivity index (χ0) is 12.3. The van der Waals surface area contributed by atoms with E-state index in [4.69, 9.17) is 9.47 Å². The first-order chi connectivity index (χ1) is 7.44. The highest BCUT2D eigenvalue weighted by Gasteiger charge is 2.49. The minimum Gasteiger partial charge on any atom is -0.418 e. The molecule has 1 heterocycles. The van der Waals surface area contributed by atoms with Crippen LogP contribution in [0, 0.1) is 5.92 Å². The second-order valence-electron chi connectivity index (χ2n) is 4.75. The molecule has 0 aromatic rings. The molecule has 0 saturated carbocycles. The Bertz CT molecular complexity index is 253. The molecule has 0 radical (unpaired) electrons. The summed E-state index contributed by atoms with van der Waals surface area (Å²) in [5.74, 6) is -0.949. The van der Waals surface area contributed by atoms with E-state index in [-0.39, 0.29) is 11.9 Å². The molecule has 1 aliphatic rings. The molecule has 0 aromatic carbocycles. The van der Waals surface area contributed by atoms with E-state index >= 15 is 0 Å². The van der Waals surface area contributed by atoms with Gasteiger partial charge in [0.05, 0.1) is 6.61 Å². The van der Waals surface area contributed by atoms with E-state index in [0.29, 0.717) is 19.1 Å². The summed E-state index contributed by atoms with van der Waals surface area (Å²) in [6.07, 6.45) is 0.379. The minimum atomic E-state index is -0.860. The van der Waals surface area contributed by atoms with E-state index < -0.39 is 5.91 Å². The fourth-order valence-electron chi connectivity index (χ4n) is 2.09. The third kappa shape index (κ3) is 2.38. The molecule has 94 valence electrons. The lowest BCUT2D eigenvalue weighted by atomic mass is 10.1. The smallest absolute Gasteiger partial charge is 0.309 e. The van der Waals surface area contributed by atoms with Gasteiger partial charge in [-0.25, -0.2) is 4.90 Å². The van der Waals surface area contributed by atoms with E-state index in [0.717, 1.165) is 6.54 Å². The van der Waals surface area contributed by atoms with Crippen LogP contribution < -0.4 is 0 Å². The SMILES string of the molecule is CCC(=O)OC1(C(C)C)OCCN1C(C)C. The van der Waals surface area contributed by atoms with Gasteiger partial charge >= 0.3 is 5.97 Å². The van der Waals surface area contributed by atoms with Gasteiger partial charge in [0.15, 0.2) is 0 Å². The molecular weight excluding hydrogens is 206 g/mol. The largest absolute Gasteiger partial charge is 0.418 e. The van der Waals surface area contributed by atoms with E-state index in [1.165, 1.54) is 0 Å². The van der Waals surface area contributed by atoms with Crippen LogP contribution >= 0.6 is 0 Å². The number of esters is 1. The van der Waals surface area contributed by atoms with Crippen LogP contribution in [0.25, 0.3) is 0 Å². The fourth-order valence-corrected chi connectivity index (χ4v) is 2.09. The number of rotatable bonds is 4. The lowest BCUT2D eigenvalue weighted by Gasteiger charge is -2.40. The average Bonchev–Trinajstić information content (AvgIpc) is 2.62. The second-order valence-corrected chi connectivity index (χ2v) is 4.75. The van der Waals surface area contributed by atoms with E-state index in [2.05, 4.69) is 18.7 Å². The molecule has 0 amide bonds. The highest BCUT2D eigenvalue weighted by Crippen LogP contribution is 2.34. The van der Waals surface area contributed by atoms with Crippen LogP contribution in [0.4, 0.5) is 0 Å². The molecule has 1 fully saturated rings. The first-order valence-corrected chi connectivity index (χ1v) is 6.06. The van der Waals surface area contributed by atoms with Gasteiger partial charge in [-0.05, 0) is 13.8 Å². The zero-order valence-electron chi connectivity index (χ0n) is 10.9. The molecule has 0 bridgehead atoms. The van der Waals surface area contributed by atoms with E-state index in [1.807, 2.05) is 13.8 Å². The highest BCUT2D eigenvalue weighted by molar-refractivity contribution is 5.69. The minimum absolute atomic E-state index is 0.118. The molecule has 1 unspecified atom stereocenters. The lowest BCUT2D eigenvalue weighted by Crippen LogP contribution is -2.55. The molecule has 4 heteroatoms. The maximum atomic E-state index is 11.5. The number of ether oxygens (including phenoxy) is 2. The summed E-state index contributed by atoms with van der Waals surface area (Å²) in [5, 5.41) is 0. The van der Waals surface area contributed by atoms with Crippen LogP contribution in [0.3, 0.4) is 0 Å². The molecule has 1 atom stereocenters. The average molecular weight is 229 g/mol. The molecule has 0 spiro atoms. The van der Waals surface area contributed by atoms with Gasteiger partial charge in [0, 0.05) is 24.9 Å². The number of hydrogen-bond acceptors (Lipinski definition) is 4. The van der Waals surface area contributed by atoms with Crippen molar-refractivity contribution in [1.29, 1.82) is 0 Å². The van der Waals surface area contributed by atoms with Gasteiger partial charge in [0.1, 0.15) is 0 Å². The van der Waals surface area contributed by atoms with Crippen LogP contribution in [0.15, 0.2) is 0 Å². The molecule has 1 rings (SSSR count). The Morgan fingerprint density at radius 1 is 1.44 bits per heavy atom. The zero-order valence-corrected chi connectivity index (χ0v) is 10.9. The van der Waals surface area contributed by atoms with Crippen molar-refractivity contribution in [3.63, 3.8) is 0 Å². The van der Waals surface area contributed by atoms with Crippen LogP contribution in [0.5, 0.6) is 0 Å². The number of hydrogen-bond donors (Lipinski definition) is 0. The third-order valence-electron chi connectivity index (χ3n) is 2.94. The van der Waals surface area contributed by atoms with Crippen molar-refractivity contribution in [2.45, 2.75) is 53.0 Å². The van der Waals surface area contributed by atoms with Crippen LogP contribution in [0.2, 0.25) is 0 Å². The number of carbonyl (C=O) groups excluding carboxylic acids is 1. The van der Waals surface area contributed by atoms with Crippen LogP contribution in [-0.2, 0) is 14.3 Å². The van der Waals surface area contributed by atoms with Crippen molar-refractivity contribution in [3.8, 4) is 0 Å². The topological polar surface area (TPSA) is 38.8 Å². The molecule has 0 aromatic heterocycles. The molecular formula is C12H23NO3. The lowest BCUT2D eigenvalue weighted by molar-refractivity contribution is -0.290. The van der Waals surface area contributed by atoms with Gasteiger partial charge in [0.2, 0.25) is 0 Å². The Morgan fingerprint density at radius 3 is 2.50 bits per heavy atom. The Kier molecular flexibility index (Phi) is 4.33. The first kappa shape index (κ1) is 13.5. The summed E-state index contributed by atoms with van der Waals surface area (Å²) in [6.45, 7) is 11.4. The van der Waals surface area contributed by atoms with Crippen molar-refractivity contribution in [1.82, 2.24) is 4.90 Å². The van der Waals surface area contributed by atoms with Gasteiger partial charge in [-0.2, -0.15) is 0 Å². The van der Waals surface area contributed by atoms with Gasteiger partial charge in [-0.3, -0.25) is 4.79 Å². The summed E-state index contributed by atoms with van der Waals surface area (Å²) >= 11 is 0. The molecule has 0 aliphatic carbocycles. The monoisotopic (exact) mass is 229 g/mol. The van der Waals surface area contributed by atoms with Crippen molar-refractivity contribution in [2.75, 3.05) is 13.2 Å². The second kappa shape index (κ2) is 5.15. The molecule has 16 heavy (non-hydrogen) atoms. The summed E-state index contributed by atoms with van der Waals surface area (Å²) in [7, 11) is 0. The Balaban J connectivity index is 2.90. The maximum absolute atomic E-state index is 11.5. The van der Waals surface area contributed by atoms with Crippen molar-refractivity contribution >= 4 is 5.97 Å². The van der Waals surface area contributed by atoms with Gasteiger partial charge in [-0.1, -0.05) is 20.8 Å². The highest BCUT2D eigenvalue weighted by atomic mass is 16.7. The van der Waals surface area contributed by atoms with Crippen molar-refractivity contribution < 1.29 is 14.3 Å². The van der Waals surface area contributed by atoms with Gasteiger partial charge in [0.25, 0.3) is 5.91 Å². The maximum Gasteiger partial charge on any atom is 0.309 e. The van der Waals surface area contributed by atoms with Gasteiger partial charge in [-0.15, -0.1) is 0 Å². The van der Waals surface area contributed by atoms with Crippen LogP contribution in [-0.4, -0.2) is 36.0 Å². The van der Waals surface area contributed by atoms with E-state index in [1.54, 1.807) is 6.92 Å². The summed E-state index contributed by atoms with van der Waals surface area (Å²) < 4.78 is 11.3. The predicted octanol–water partition coefficient (Wildman–Crippen LogP) is 1.99. The Labute approximate surface area is 97.9 Å².